The summed E-state index contributed by atoms with van der Waals surface area (Å²) in [6.07, 6.45) is 2.56. The van der Waals surface area contributed by atoms with Crippen LogP contribution in [0.2, 0.25) is 0 Å². The third-order valence-corrected chi connectivity index (χ3v) is 4.23. The smallest absolute Gasteiger partial charge is 0.243 e. The molecule has 0 aliphatic heterocycles. The molecular weight excluding hydrogens is 362 g/mol. The van der Waals surface area contributed by atoms with Crippen molar-refractivity contribution in [3.05, 3.63) is 0 Å². The van der Waals surface area contributed by atoms with Gasteiger partial charge in [-0.25, -0.2) is 0 Å². The van der Waals surface area contributed by atoms with Gasteiger partial charge in [0.15, 0.2) is 5.96 Å². The lowest BCUT2D eigenvalue weighted by Crippen LogP contribution is -2.52. The van der Waals surface area contributed by atoms with Crippen molar-refractivity contribution in [1.82, 2.24) is 16.1 Å². The van der Waals surface area contributed by atoms with E-state index >= 15 is 0 Å². The molecule has 0 saturated heterocycles. The molecule has 0 saturated carbocycles. The van der Waals surface area contributed by atoms with Gasteiger partial charge >= 0.3 is 0 Å². The summed E-state index contributed by atoms with van der Waals surface area (Å²) in [6, 6.07) is -1.64. The van der Waals surface area contributed by atoms with E-state index in [9.17, 15) is 14.4 Å². The van der Waals surface area contributed by atoms with E-state index in [0.29, 0.717) is 44.4 Å². The summed E-state index contributed by atoms with van der Waals surface area (Å²) in [4.78, 5) is 40.3. The highest BCUT2D eigenvalue weighted by Crippen LogP contribution is 2.12. The number of hydrazine groups is 1. The van der Waals surface area contributed by atoms with E-state index in [-0.39, 0.29) is 23.8 Å². The van der Waals surface area contributed by atoms with Gasteiger partial charge in [-0.3, -0.25) is 25.8 Å². The Kier molecular flexibility index (Phi) is 12.8. The van der Waals surface area contributed by atoms with Crippen LogP contribution in [0.4, 0.5) is 0 Å². The van der Waals surface area contributed by atoms with Gasteiger partial charge in [-0.2, -0.15) is 0 Å². The van der Waals surface area contributed by atoms with Crippen LogP contribution in [0.1, 0.15) is 53.4 Å². The summed E-state index contributed by atoms with van der Waals surface area (Å²) in [7, 11) is 0. The second-order valence-corrected chi connectivity index (χ2v) is 7.60. The van der Waals surface area contributed by atoms with Gasteiger partial charge in [0.05, 0.1) is 6.04 Å². The molecule has 0 heterocycles. The minimum absolute atomic E-state index is 0.0279. The molecule has 0 spiro atoms. The topological polar surface area (TPSA) is 178 Å². The van der Waals surface area contributed by atoms with E-state index in [0.717, 1.165) is 0 Å². The van der Waals surface area contributed by atoms with Crippen LogP contribution in [-0.2, 0) is 14.4 Å². The molecular formula is C18H37N7O3. The fourth-order valence-electron chi connectivity index (χ4n) is 2.78. The predicted molar refractivity (Wildman–Crippen MR) is 110 cm³/mol. The SMILES string of the molecule is CC(C)C[C@H](C)C(=O)N[C@@H](CCCN=C(N)N)C(=O)N[C@H](C=O)CC(C)NN. The molecule has 162 valence electrons. The van der Waals surface area contributed by atoms with E-state index in [1.807, 2.05) is 20.8 Å². The number of guanidine groups is 1. The van der Waals surface area contributed by atoms with E-state index in [4.69, 9.17) is 17.3 Å². The summed E-state index contributed by atoms with van der Waals surface area (Å²) in [5.74, 6) is 4.83. The summed E-state index contributed by atoms with van der Waals surface area (Å²) >= 11 is 0. The largest absolute Gasteiger partial charge is 0.370 e. The van der Waals surface area contributed by atoms with Crippen LogP contribution in [0, 0.1) is 11.8 Å². The fourth-order valence-corrected chi connectivity index (χ4v) is 2.78. The first-order chi connectivity index (χ1) is 13.1. The number of hydrogen-bond donors (Lipinski definition) is 6. The van der Waals surface area contributed by atoms with Gasteiger partial charge in [0.1, 0.15) is 12.3 Å². The van der Waals surface area contributed by atoms with Gasteiger partial charge in [0.25, 0.3) is 0 Å². The average Bonchev–Trinajstić information content (AvgIpc) is 2.62. The van der Waals surface area contributed by atoms with Gasteiger partial charge < -0.3 is 26.9 Å². The lowest BCUT2D eigenvalue weighted by atomic mass is 9.97. The Hall–Kier alpha value is -2.20. The molecule has 9 N–H and O–H groups in total. The molecule has 4 atom stereocenters. The molecule has 28 heavy (non-hydrogen) atoms. The van der Waals surface area contributed by atoms with Crippen LogP contribution in [0.5, 0.6) is 0 Å². The summed E-state index contributed by atoms with van der Waals surface area (Å²) in [5.41, 5.74) is 13.1. The van der Waals surface area contributed by atoms with Crippen molar-refractivity contribution in [2.24, 2.45) is 34.1 Å². The standard InChI is InChI=1S/C18H37N7O3/c1-11(2)8-12(3)16(27)24-15(6-5-7-22-18(19)20)17(28)23-14(10-26)9-13(4)25-21/h10-15,25H,5-9,21H2,1-4H3,(H,23,28)(H,24,27)(H4,19,20,22)/t12-,13?,14-,15-/m0/s1. The number of rotatable bonds is 14. The Morgan fingerprint density at radius 3 is 2.18 bits per heavy atom. The van der Waals surface area contributed by atoms with Crippen LogP contribution >= 0.6 is 0 Å². The predicted octanol–water partition coefficient (Wildman–Crippen LogP) is -0.867. The van der Waals surface area contributed by atoms with Gasteiger partial charge in [-0.05, 0) is 38.5 Å². The summed E-state index contributed by atoms with van der Waals surface area (Å²) in [5, 5.41) is 5.45. The third kappa shape index (κ3) is 11.5. The first-order valence-corrected chi connectivity index (χ1v) is 9.68. The van der Waals surface area contributed by atoms with Gasteiger partial charge in [-0.15, -0.1) is 0 Å². The zero-order valence-corrected chi connectivity index (χ0v) is 17.4. The van der Waals surface area contributed by atoms with Crippen LogP contribution < -0.4 is 33.4 Å². The van der Waals surface area contributed by atoms with Crippen molar-refractivity contribution >= 4 is 24.1 Å². The number of amides is 2. The molecule has 10 heteroatoms. The van der Waals surface area contributed by atoms with Crippen molar-refractivity contribution in [3.63, 3.8) is 0 Å². The van der Waals surface area contributed by atoms with Crippen molar-refractivity contribution in [1.29, 1.82) is 0 Å². The number of nitrogens with two attached hydrogens (primary N) is 3. The van der Waals surface area contributed by atoms with Gasteiger partial charge in [-0.1, -0.05) is 20.8 Å². The molecule has 1 unspecified atom stereocenters. The highest BCUT2D eigenvalue weighted by Gasteiger charge is 2.25. The van der Waals surface area contributed by atoms with Gasteiger partial charge in [0.2, 0.25) is 11.8 Å². The van der Waals surface area contributed by atoms with Crippen LogP contribution in [-0.4, -0.2) is 48.7 Å². The van der Waals surface area contributed by atoms with Crippen molar-refractivity contribution in [2.75, 3.05) is 6.54 Å². The lowest BCUT2D eigenvalue weighted by Gasteiger charge is -2.24. The number of carbonyl (C=O) groups is 3. The Labute approximate surface area is 167 Å². The number of nitrogens with zero attached hydrogens (tertiary/aromatic N) is 1. The minimum Gasteiger partial charge on any atom is -0.370 e. The Balaban J connectivity index is 5.02. The van der Waals surface area contributed by atoms with E-state index in [1.165, 1.54) is 0 Å². The van der Waals surface area contributed by atoms with Crippen LogP contribution in [0.3, 0.4) is 0 Å². The Bertz CT molecular complexity index is 521. The highest BCUT2D eigenvalue weighted by atomic mass is 16.2. The van der Waals surface area contributed by atoms with Crippen molar-refractivity contribution in [3.8, 4) is 0 Å². The Morgan fingerprint density at radius 2 is 1.68 bits per heavy atom. The molecule has 0 aliphatic rings. The summed E-state index contributed by atoms with van der Waals surface area (Å²) < 4.78 is 0. The normalized spacial score (nSPS) is 15.2. The third-order valence-electron chi connectivity index (χ3n) is 4.23. The molecule has 10 nitrogen and oxygen atoms in total. The van der Waals surface area contributed by atoms with Crippen molar-refractivity contribution < 1.29 is 14.4 Å². The molecule has 0 fully saturated rings. The zero-order chi connectivity index (χ0) is 21.7. The molecule has 0 rings (SSSR count). The molecule has 0 aromatic heterocycles. The maximum atomic E-state index is 12.7. The maximum Gasteiger partial charge on any atom is 0.243 e. The average molecular weight is 400 g/mol. The first kappa shape index (κ1) is 25.8. The second kappa shape index (κ2) is 13.9. The van der Waals surface area contributed by atoms with E-state index < -0.39 is 18.0 Å². The molecule has 0 aliphatic carbocycles. The molecule has 0 aromatic rings. The molecule has 0 radical (unpaired) electrons. The van der Waals surface area contributed by atoms with Crippen molar-refractivity contribution in [2.45, 2.75) is 71.5 Å². The number of nitrogens with one attached hydrogen (secondary N) is 3. The number of carbonyl (C=O) groups excluding carboxylic acids is 3. The van der Waals surface area contributed by atoms with Gasteiger partial charge in [0, 0.05) is 18.5 Å². The number of aldehydes is 1. The first-order valence-electron chi connectivity index (χ1n) is 9.68. The van der Waals surface area contributed by atoms with E-state index in [1.54, 1.807) is 6.92 Å². The Morgan fingerprint density at radius 1 is 1.04 bits per heavy atom. The maximum absolute atomic E-state index is 12.7. The fraction of sp³-hybridized carbons (Fsp3) is 0.778. The summed E-state index contributed by atoms with van der Waals surface area (Å²) in [6.45, 7) is 8.03. The van der Waals surface area contributed by atoms with Crippen LogP contribution in [0.15, 0.2) is 4.99 Å². The molecule has 0 aromatic carbocycles. The molecule has 2 amide bonds. The van der Waals surface area contributed by atoms with Crippen LogP contribution in [0.25, 0.3) is 0 Å². The number of aliphatic imine (C=N–C) groups is 1. The quantitative estimate of drug-likeness (QED) is 0.0549. The molecule has 0 bridgehead atoms. The number of hydrogen-bond acceptors (Lipinski definition) is 6. The van der Waals surface area contributed by atoms with E-state index in [2.05, 4.69) is 21.1 Å². The zero-order valence-electron chi connectivity index (χ0n) is 17.4. The minimum atomic E-state index is -0.778. The monoisotopic (exact) mass is 399 g/mol. The lowest BCUT2D eigenvalue weighted by molar-refractivity contribution is -0.132. The second-order valence-electron chi connectivity index (χ2n) is 7.60. The highest BCUT2D eigenvalue weighted by molar-refractivity contribution is 5.89.